The number of Topliss-reactive ketones (excluding diaryl/α,β-unsaturated/α-hetero) is 1. The first kappa shape index (κ1) is 8.91. The van der Waals surface area contributed by atoms with E-state index in [-0.39, 0.29) is 5.78 Å². The standard InChI is InChI=1S/C12H9O2/c13-8-12(14)11-6-5-9-3-1-2-4-10(9)7-11/h1-7H,8H2. The highest BCUT2D eigenvalue weighted by molar-refractivity contribution is 6.00. The quantitative estimate of drug-likeness (QED) is 0.662. The summed E-state index contributed by atoms with van der Waals surface area (Å²) in [4.78, 5) is 11.1. The van der Waals surface area contributed by atoms with Crippen molar-refractivity contribution in [2.45, 2.75) is 0 Å². The second kappa shape index (κ2) is 3.60. The molecule has 0 aliphatic rings. The van der Waals surface area contributed by atoms with Crippen molar-refractivity contribution in [3.8, 4) is 0 Å². The van der Waals surface area contributed by atoms with Crippen LogP contribution in [-0.4, -0.2) is 12.4 Å². The van der Waals surface area contributed by atoms with Crippen molar-refractivity contribution in [3.05, 3.63) is 48.0 Å². The van der Waals surface area contributed by atoms with Crippen LogP contribution in [0, 0.1) is 0 Å². The molecule has 2 aromatic rings. The van der Waals surface area contributed by atoms with Gasteiger partial charge in [-0.2, -0.15) is 0 Å². The number of rotatable bonds is 2. The molecule has 0 bridgehead atoms. The Hall–Kier alpha value is -1.67. The van der Waals surface area contributed by atoms with Crippen molar-refractivity contribution >= 4 is 16.6 Å². The number of carbonyl (C=O) groups is 1. The predicted octanol–water partition coefficient (Wildman–Crippen LogP) is 2.45. The van der Waals surface area contributed by atoms with Gasteiger partial charge in [0.15, 0.2) is 5.78 Å². The zero-order valence-corrected chi connectivity index (χ0v) is 7.57. The molecule has 0 aromatic heterocycles. The minimum Gasteiger partial charge on any atom is -0.291 e. The molecule has 0 fully saturated rings. The molecule has 2 nitrogen and oxygen atoms in total. The molecule has 0 heterocycles. The van der Waals surface area contributed by atoms with E-state index >= 15 is 0 Å². The molecule has 2 rings (SSSR count). The van der Waals surface area contributed by atoms with Gasteiger partial charge in [-0.1, -0.05) is 36.4 Å². The summed E-state index contributed by atoms with van der Waals surface area (Å²) in [6.07, 6.45) is 0. The van der Waals surface area contributed by atoms with Crippen molar-refractivity contribution in [2.24, 2.45) is 0 Å². The van der Waals surface area contributed by atoms with Crippen LogP contribution >= 0.6 is 0 Å². The molecule has 0 saturated carbocycles. The van der Waals surface area contributed by atoms with E-state index in [9.17, 15) is 9.90 Å². The van der Waals surface area contributed by atoms with Crippen molar-refractivity contribution in [2.75, 3.05) is 6.61 Å². The molecule has 0 saturated heterocycles. The summed E-state index contributed by atoms with van der Waals surface area (Å²) in [6.45, 7) is -0.682. The number of carbonyl (C=O) groups excluding carboxylic acids is 1. The van der Waals surface area contributed by atoms with Gasteiger partial charge >= 0.3 is 0 Å². The Kier molecular flexibility index (Phi) is 2.29. The van der Waals surface area contributed by atoms with Crippen LogP contribution in [0.3, 0.4) is 0 Å². The number of benzene rings is 2. The van der Waals surface area contributed by atoms with Crippen LogP contribution < -0.4 is 0 Å². The molecule has 69 valence electrons. The average molecular weight is 185 g/mol. The molecule has 0 amide bonds. The molecule has 1 radical (unpaired) electrons. The number of hydrogen-bond donors (Lipinski definition) is 0. The molecule has 0 N–H and O–H groups in total. The Morgan fingerprint density at radius 2 is 1.71 bits per heavy atom. The average Bonchev–Trinajstić information content (AvgIpc) is 2.27. The van der Waals surface area contributed by atoms with Crippen molar-refractivity contribution in [3.63, 3.8) is 0 Å². The Labute approximate surface area is 81.8 Å². The minimum atomic E-state index is -0.682. The van der Waals surface area contributed by atoms with Gasteiger partial charge in [-0.05, 0) is 16.8 Å². The van der Waals surface area contributed by atoms with E-state index in [4.69, 9.17) is 0 Å². The summed E-state index contributed by atoms with van der Waals surface area (Å²) in [7, 11) is 0. The maximum absolute atomic E-state index is 11.1. The summed E-state index contributed by atoms with van der Waals surface area (Å²) in [5.41, 5.74) is 0.499. The highest BCUT2D eigenvalue weighted by Crippen LogP contribution is 2.15. The normalized spacial score (nSPS) is 10.4. The van der Waals surface area contributed by atoms with E-state index in [1.54, 1.807) is 12.1 Å². The van der Waals surface area contributed by atoms with E-state index in [0.29, 0.717) is 5.56 Å². The summed E-state index contributed by atoms with van der Waals surface area (Å²) < 4.78 is 0. The van der Waals surface area contributed by atoms with Gasteiger partial charge in [-0.25, -0.2) is 5.11 Å². The van der Waals surface area contributed by atoms with Gasteiger partial charge in [0.05, 0.1) is 0 Å². The molecule has 0 unspecified atom stereocenters. The molecule has 0 spiro atoms. The SMILES string of the molecule is [O]CC(=O)c1ccc2ccccc2c1. The van der Waals surface area contributed by atoms with Gasteiger partial charge in [0.25, 0.3) is 0 Å². The van der Waals surface area contributed by atoms with Crippen molar-refractivity contribution in [1.82, 2.24) is 0 Å². The third-order valence-electron chi connectivity index (χ3n) is 2.20. The third kappa shape index (κ3) is 1.52. The van der Waals surface area contributed by atoms with E-state index in [0.717, 1.165) is 10.8 Å². The first-order valence-corrected chi connectivity index (χ1v) is 4.41. The number of ketones is 1. The zero-order valence-electron chi connectivity index (χ0n) is 7.57. The molecule has 14 heavy (non-hydrogen) atoms. The van der Waals surface area contributed by atoms with E-state index in [2.05, 4.69) is 0 Å². The summed E-state index contributed by atoms with van der Waals surface area (Å²) in [5.74, 6) is -0.351. The fourth-order valence-corrected chi connectivity index (χ4v) is 1.45. The van der Waals surface area contributed by atoms with Crippen LogP contribution in [-0.2, 0) is 5.11 Å². The lowest BCUT2D eigenvalue weighted by atomic mass is 10.0. The fraction of sp³-hybridized carbons (Fsp3) is 0.0833. The molecule has 0 aliphatic carbocycles. The second-order valence-corrected chi connectivity index (χ2v) is 3.13. The maximum atomic E-state index is 11.1. The van der Waals surface area contributed by atoms with E-state index in [1.165, 1.54) is 0 Å². The van der Waals surface area contributed by atoms with Crippen LogP contribution in [0.25, 0.3) is 10.8 Å². The molecule has 0 atom stereocenters. The number of fused-ring (bicyclic) bond motifs is 1. The molecule has 2 aromatic carbocycles. The van der Waals surface area contributed by atoms with Crippen molar-refractivity contribution < 1.29 is 9.90 Å². The van der Waals surface area contributed by atoms with Crippen LogP contribution in [0.15, 0.2) is 42.5 Å². The topological polar surface area (TPSA) is 37.0 Å². The van der Waals surface area contributed by atoms with Gasteiger partial charge < -0.3 is 0 Å². The van der Waals surface area contributed by atoms with Gasteiger partial charge in [0, 0.05) is 5.56 Å². The van der Waals surface area contributed by atoms with Crippen LogP contribution in [0.5, 0.6) is 0 Å². The van der Waals surface area contributed by atoms with E-state index in [1.807, 2.05) is 30.3 Å². The Balaban J connectivity index is 2.56. The first-order chi connectivity index (χ1) is 6.81. The monoisotopic (exact) mass is 185 g/mol. The maximum Gasteiger partial charge on any atom is 0.191 e. The predicted molar refractivity (Wildman–Crippen MR) is 53.8 cm³/mol. The molecular weight excluding hydrogens is 176 g/mol. The number of hydrogen-bond acceptors (Lipinski definition) is 1. The second-order valence-electron chi connectivity index (χ2n) is 3.13. The fourth-order valence-electron chi connectivity index (χ4n) is 1.45. The first-order valence-electron chi connectivity index (χ1n) is 4.41. The van der Waals surface area contributed by atoms with Gasteiger partial charge in [-0.3, -0.25) is 4.79 Å². The van der Waals surface area contributed by atoms with Crippen LogP contribution in [0.1, 0.15) is 10.4 Å². The minimum absolute atomic E-state index is 0.351. The van der Waals surface area contributed by atoms with Gasteiger partial charge in [-0.15, -0.1) is 0 Å². The lowest BCUT2D eigenvalue weighted by Gasteiger charge is -1.99. The van der Waals surface area contributed by atoms with Gasteiger partial charge in [0.2, 0.25) is 0 Å². The summed E-state index contributed by atoms with van der Waals surface area (Å²) in [6, 6.07) is 13.1. The van der Waals surface area contributed by atoms with Crippen LogP contribution in [0.4, 0.5) is 0 Å². The van der Waals surface area contributed by atoms with Gasteiger partial charge in [0.1, 0.15) is 6.61 Å². The highest BCUT2D eigenvalue weighted by Gasteiger charge is 2.04. The Morgan fingerprint density at radius 1 is 1.00 bits per heavy atom. The highest BCUT2D eigenvalue weighted by atomic mass is 16.3. The molecular formula is C12H9O2. The summed E-state index contributed by atoms with van der Waals surface area (Å²) >= 11 is 0. The van der Waals surface area contributed by atoms with E-state index < -0.39 is 6.61 Å². The molecule has 2 heteroatoms. The smallest absolute Gasteiger partial charge is 0.191 e. The third-order valence-corrected chi connectivity index (χ3v) is 2.20. The Bertz CT molecular complexity index is 474. The van der Waals surface area contributed by atoms with Crippen LogP contribution in [0.2, 0.25) is 0 Å². The molecule has 0 aliphatic heterocycles. The lowest BCUT2D eigenvalue weighted by Crippen LogP contribution is -2.02. The summed E-state index contributed by atoms with van der Waals surface area (Å²) in [5, 5.41) is 12.5. The largest absolute Gasteiger partial charge is 0.291 e. The van der Waals surface area contributed by atoms with Crippen molar-refractivity contribution in [1.29, 1.82) is 0 Å². The lowest BCUT2D eigenvalue weighted by molar-refractivity contribution is 0.0827. The zero-order chi connectivity index (χ0) is 9.97. The Morgan fingerprint density at radius 3 is 2.43 bits per heavy atom.